The number of hydrogen-bond donors (Lipinski definition) is 7. The molecule has 4 amide bonds. The van der Waals surface area contributed by atoms with Crippen LogP contribution in [0.4, 0.5) is 5.69 Å². The number of aliphatic hydroxyl groups is 3. The van der Waals surface area contributed by atoms with Crippen LogP contribution in [-0.2, 0) is 35.1 Å². The van der Waals surface area contributed by atoms with E-state index in [-0.39, 0.29) is 48.0 Å². The number of piperidine rings is 3. The molecule has 6 aliphatic rings. The van der Waals surface area contributed by atoms with Gasteiger partial charge in [-0.2, -0.15) is 15.8 Å². The topological polar surface area (TPSA) is 370 Å². The van der Waals surface area contributed by atoms with E-state index in [1.54, 1.807) is 57.6 Å². The number of aliphatic hydroxyl groups excluding tert-OH is 3. The van der Waals surface area contributed by atoms with Gasteiger partial charge in [0.15, 0.2) is 0 Å². The van der Waals surface area contributed by atoms with E-state index in [4.69, 9.17) is 43.7 Å². The van der Waals surface area contributed by atoms with Crippen molar-refractivity contribution in [2.45, 2.75) is 76.3 Å². The van der Waals surface area contributed by atoms with Gasteiger partial charge in [0.05, 0.1) is 79.5 Å². The molecular formula is C95H95N15O13. The molecule has 6 aromatic carbocycles. The summed E-state index contributed by atoms with van der Waals surface area (Å²) in [7, 11) is 0. The first-order valence-electron chi connectivity index (χ1n) is 41.7. The van der Waals surface area contributed by atoms with Gasteiger partial charge in [-0.1, -0.05) is 36.4 Å². The van der Waals surface area contributed by atoms with Crippen molar-refractivity contribution in [3.05, 3.63) is 210 Å². The van der Waals surface area contributed by atoms with Gasteiger partial charge >= 0.3 is 0 Å². The number of pyridine rings is 3. The Kier molecular flexibility index (Phi) is 26.1. The zero-order valence-corrected chi connectivity index (χ0v) is 68.3. The Hall–Kier alpha value is -13.3. The summed E-state index contributed by atoms with van der Waals surface area (Å²) >= 11 is 0. The van der Waals surface area contributed by atoms with E-state index in [0.29, 0.717) is 131 Å². The fourth-order valence-electron chi connectivity index (χ4n) is 16.6. The molecule has 28 heteroatoms. The van der Waals surface area contributed by atoms with Gasteiger partial charge in [0, 0.05) is 212 Å². The number of carbonyl (C=O) groups excluding carboxylic acids is 4. The third-order valence-corrected chi connectivity index (χ3v) is 23.5. The minimum absolute atomic E-state index is 0.0755. The van der Waals surface area contributed by atoms with Crippen molar-refractivity contribution in [1.82, 2.24) is 54.8 Å². The average molecular weight is 1650 g/mol. The molecule has 0 unspecified atom stereocenters. The average Bonchev–Trinajstić information content (AvgIpc) is 1.63. The van der Waals surface area contributed by atoms with Crippen LogP contribution in [-0.4, -0.2) is 238 Å². The number of fused-ring (bicyclic) bond motifs is 3. The summed E-state index contributed by atoms with van der Waals surface area (Å²) in [6.07, 6.45) is 8.86. The number of nitrogens with zero attached hydrogens (tertiary/aromatic N) is 11. The van der Waals surface area contributed by atoms with Crippen LogP contribution in [0.1, 0.15) is 76.7 Å². The van der Waals surface area contributed by atoms with Crippen molar-refractivity contribution in [1.29, 1.82) is 15.8 Å². The third kappa shape index (κ3) is 19.4. The predicted molar refractivity (Wildman–Crippen MR) is 463 cm³/mol. The van der Waals surface area contributed by atoms with Gasteiger partial charge in [-0.3, -0.25) is 39.0 Å². The first-order chi connectivity index (χ1) is 60.2. The molecule has 6 aliphatic heterocycles. The number of H-pyrrole nitrogens is 3. The minimum atomic E-state index is -0.489. The molecule has 12 heterocycles. The highest BCUT2D eigenvalue weighted by atomic mass is 16.5. The SMILES string of the molecule is Cc1cc(N2CCOCC2)ccc1-c1cc2c(-c3ccc(OC4CCN(C(=O)CO)CC4)c(C#N)c3)nccc2[nH]1.N#Cc1cc(-c2nccc3[nH]c(-c4ccc(C(=O)NC5COC5)cc4)cc23)ccc1OC1CCN(C(=O)CO)CC1.N#Cc1cc(-c2nccc3[nH]c(-c4cccc(CN5CCOCC5)c4)cc23)ccc1OC1CCN(C(=O)CO)CC1. The van der Waals surface area contributed by atoms with Gasteiger partial charge in [0.2, 0.25) is 17.7 Å². The molecule has 7 N–H and O–H groups in total. The maximum absolute atomic E-state index is 12.4. The number of likely N-dealkylation sites (tertiary alicyclic amines) is 3. The molecule has 0 atom stereocenters. The molecule has 0 bridgehead atoms. The maximum atomic E-state index is 12.4. The highest BCUT2D eigenvalue weighted by molar-refractivity contribution is 6.00. The lowest BCUT2D eigenvalue weighted by Gasteiger charge is -2.32. The van der Waals surface area contributed by atoms with Crippen LogP contribution < -0.4 is 24.4 Å². The molecule has 0 spiro atoms. The monoisotopic (exact) mass is 1650 g/mol. The van der Waals surface area contributed by atoms with Crippen molar-refractivity contribution in [3.63, 3.8) is 0 Å². The highest BCUT2D eigenvalue weighted by Gasteiger charge is 2.30. The zero-order chi connectivity index (χ0) is 84.9. The molecule has 28 nitrogen and oxygen atoms in total. The van der Waals surface area contributed by atoms with Gasteiger partial charge < -0.3 is 83.6 Å². The van der Waals surface area contributed by atoms with E-state index in [1.807, 2.05) is 78.9 Å². The van der Waals surface area contributed by atoms with E-state index in [2.05, 4.69) is 125 Å². The van der Waals surface area contributed by atoms with Crippen LogP contribution >= 0.6 is 0 Å². The molecule has 6 fully saturated rings. The summed E-state index contributed by atoms with van der Waals surface area (Å²) in [4.78, 5) is 81.9. The second-order valence-electron chi connectivity index (χ2n) is 31.4. The van der Waals surface area contributed by atoms with E-state index >= 15 is 0 Å². The zero-order valence-electron chi connectivity index (χ0n) is 68.3. The minimum Gasteiger partial charge on any atom is -0.489 e. The number of nitrogens with one attached hydrogen (secondary N) is 4. The fraction of sp³-hybridized carbons (Fsp3) is 0.326. The largest absolute Gasteiger partial charge is 0.489 e. The van der Waals surface area contributed by atoms with Gasteiger partial charge in [-0.15, -0.1) is 0 Å². The van der Waals surface area contributed by atoms with Crippen LogP contribution in [0.15, 0.2) is 176 Å². The highest BCUT2D eigenvalue weighted by Crippen LogP contribution is 2.40. The summed E-state index contributed by atoms with van der Waals surface area (Å²) < 4.78 is 34.6. The molecule has 18 rings (SSSR count). The van der Waals surface area contributed by atoms with E-state index < -0.39 is 19.8 Å². The Morgan fingerprint density at radius 1 is 0.455 bits per heavy atom. The molecule has 628 valence electrons. The Balaban J connectivity index is 0.000000137. The van der Waals surface area contributed by atoms with Gasteiger partial charge in [-0.05, 0) is 151 Å². The second kappa shape index (κ2) is 38.6. The third-order valence-electron chi connectivity index (χ3n) is 23.5. The quantitative estimate of drug-likeness (QED) is 0.0373. The summed E-state index contributed by atoms with van der Waals surface area (Å²) in [5, 5.41) is 62.9. The number of aromatic nitrogens is 6. The summed E-state index contributed by atoms with van der Waals surface area (Å²) in [5.74, 6) is 0.638. The number of nitriles is 3. The normalized spacial score (nSPS) is 16.1. The summed E-state index contributed by atoms with van der Waals surface area (Å²) in [5.41, 5.74) is 19.3. The van der Waals surface area contributed by atoms with Crippen molar-refractivity contribution in [2.24, 2.45) is 0 Å². The smallest absolute Gasteiger partial charge is 0.251 e. The van der Waals surface area contributed by atoms with Gasteiger partial charge in [0.1, 0.15) is 73.6 Å². The van der Waals surface area contributed by atoms with Crippen molar-refractivity contribution in [3.8, 4) is 103 Å². The van der Waals surface area contributed by atoms with Gasteiger partial charge in [0.25, 0.3) is 5.91 Å². The summed E-state index contributed by atoms with van der Waals surface area (Å²) in [6, 6.07) is 58.3. The number of anilines is 1. The number of carbonyl (C=O) groups is 4. The number of benzene rings is 6. The van der Waals surface area contributed by atoms with Crippen molar-refractivity contribution < 1.29 is 62.9 Å². The number of morpholine rings is 2. The lowest BCUT2D eigenvalue weighted by atomic mass is 10.0. The van der Waals surface area contributed by atoms with Crippen molar-refractivity contribution in [2.75, 3.05) is 130 Å². The summed E-state index contributed by atoms with van der Waals surface area (Å²) in [6.45, 7) is 12.6. The van der Waals surface area contributed by atoms with Crippen molar-refractivity contribution >= 4 is 62.0 Å². The fourth-order valence-corrected chi connectivity index (χ4v) is 16.6. The molecule has 6 aromatic heterocycles. The van der Waals surface area contributed by atoms with E-state index in [0.717, 1.165) is 159 Å². The number of aromatic amines is 3. The number of amides is 4. The maximum Gasteiger partial charge on any atom is 0.251 e. The van der Waals surface area contributed by atoms with Crippen LogP contribution in [0, 0.1) is 40.9 Å². The standard InChI is InChI=1S/2C32H33N5O4.C31H29N5O5/c1-21-16-24(36-12-14-40-15-13-36)3-4-26(21)29-18-27-28(35-29)6-9-34-32(27)22-2-5-30(23(17-22)19-33)41-25-7-10-37(11-8-25)31(39)20-38;33-19-25-17-24(4-5-30(25)41-26-7-10-37(11-8-26)31(39)21-38)32-27-18-29(35-28(27)6-9-34-32)23-3-1-2-22(16-23)20-36-12-14-40-15-13-36;32-15-22-13-21(5-6-28(22)41-24-8-11-36(12-9-24)29(38)16-37)30-25-14-27(35-26(25)7-10-33-30)19-1-3-20(4-2-19)31(39)34-23-17-40-18-23/h2-6,9,16-18,25,35,38H,7-8,10-15,20H2,1H3;1-6,9,16-18,26,35,38H,7-8,10-15,20-21H2;1-7,10,13-14,23-24,35,37H,8-9,11-12,16-18H2,(H,34,39). The molecular weight excluding hydrogens is 1560 g/mol. The molecule has 0 radical (unpaired) electrons. The lowest BCUT2D eigenvalue weighted by Crippen LogP contribution is -2.48. The Labute approximate surface area is 710 Å². The van der Waals surface area contributed by atoms with Crippen LogP contribution in [0.3, 0.4) is 0 Å². The van der Waals surface area contributed by atoms with Gasteiger partial charge in [-0.25, -0.2) is 0 Å². The predicted octanol–water partition coefficient (Wildman–Crippen LogP) is 11.5. The molecule has 6 saturated heterocycles. The Bertz CT molecular complexity index is 5960. The first-order valence-corrected chi connectivity index (χ1v) is 41.7. The lowest BCUT2D eigenvalue weighted by molar-refractivity contribution is -0.136. The van der Waals surface area contributed by atoms with Crippen LogP contribution in [0.2, 0.25) is 0 Å². The van der Waals surface area contributed by atoms with E-state index in [1.165, 1.54) is 16.8 Å². The number of aryl methyl sites for hydroxylation is 1. The Morgan fingerprint density at radius 2 is 0.870 bits per heavy atom. The van der Waals surface area contributed by atoms with Crippen LogP contribution in [0.5, 0.6) is 17.2 Å². The first kappa shape index (κ1) is 83.3. The Morgan fingerprint density at radius 3 is 1.28 bits per heavy atom. The molecule has 0 saturated carbocycles. The number of ether oxygens (including phenoxy) is 6. The number of rotatable bonds is 20. The molecule has 123 heavy (non-hydrogen) atoms. The number of hydrogen-bond acceptors (Lipinski definition) is 21. The van der Waals surface area contributed by atoms with E-state index in [9.17, 15) is 35.0 Å². The second-order valence-corrected chi connectivity index (χ2v) is 31.4. The molecule has 12 aromatic rings. The van der Waals surface area contributed by atoms with Crippen LogP contribution in [0.25, 0.3) is 100 Å². The molecule has 0 aliphatic carbocycles.